The van der Waals surface area contributed by atoms with Gasteiger partial charge in [0.1, 0.15) is 0 Å². The van der Waals surface area contributed by atoms with Gasteiger partial charge in [-0.3, -0.25) is 19.2 Å². The van der Waals surface area contributed by atoms with E-state index in [9.17, 15) is 27.6 Å². The number of rotatable bonds is 6. The lowest BCUT2D eigenvalue weighted by molar-refractivity contribution is -0.138. The van der Waals surface area contributed by atoms with E-state index in [-0.39, 0.29) is 28.6 Å². The second-order valence-corrected chi connectivity index (χ2v) is 11.2. The number of benzene rings is 2. The Bertz CT molecular complexity index is 1510. The number of hydrogen-bond donors (Lipinski definition) is 1. The molecule has 3 heterocycles. The Morgan fingerprint density at radius 1 is 1.13 bits per heavy atom. The van der Waals surface area contributed by atoms with Gasteiger partial charge >= 0.3 is 12.3 Å². The van der Waals surface area contributed by atoms with Crippen molar-refractivity contribution < 1.29 is 32.7 Å². The van der Waals surface area contributed by atoms with Crippen LogP contribution in [-0.2, 0) is 17.5 Å². The highest BCUT2D eigenvalue weighted by atomic mass is 35.5. The Kier molecular flexibility index (Phi) is 7.55. The first kappa shape index (κ1) is 27.4. The number of imide groups is 1. The van der Waals surface area contributed by atoms with Gasteiger partial charge in [-0.25, -0.2) is 13.4 Å². The van der Waals surface area contributed by atoms with Gasteiger partial charge in [0.15, 0.2) is 0 Å². The molecule has 0 aliphatic carbocycles. The monoisotopic (exact) mass is 597 g/mol. The summed E-state index contributed by atoms with van der Waals surface area (Å²) in [5, 5.41) is 13.5. The number of carbonyl (C=O) groups is 3. The van der Waals surface area contributed by atoms with Crippen LogP contribution in [0.4, 0.5) is 22.8 Å². The van der Waals surface area contributed by atoms with Crippen molar-refractivity contribution >= 4 is 69.7 Å². The summed E-state index contributed by atoms with van der Waals surface area (Å²) >= 11 is 7.63. The summed E-state index contributed by atoms with van der Waals surface area (Å²) < 4.78 is 44.9. The van der Waals surface area contributed by atoms with E-state index in [4.69, 9.17) is 16.7 Å². The topological polar surface area (TPSA) is 99.0 Å². The lowest BCUT2D eigenvalue weighted by atomic mass is 10.1. The van der Waals surface area contributed by atoms with E-state index < -0.39 is 29.0 Å². The average Bonchev–Trinajstić information content (AvgIpc) is 3.57. The normalized spacial score (nSPS) is 17.8. The molecule has 0 spiro atoms. The molecule has 3 aromatic rings. The van der Waals surface area contributed by atoms with E-state index >= 15 is 0 Å². The lowest BCUT2D eigenvalue weighted by Crippen LogP contribution is -2.34. The highest BCUT2D eigenvalue weighted by molar-refractivity contribution is 8.18. The lowest BCUT2D eigenvalue weighted by Gasteiger charge is -2.17. The summed E-state index contributed by atoms with van der Waals surface area (Å²) in [6, 6.07) is 8.75. The third-order valence-electron chi connectivity index (χ3n) is 6.09. The van der Waals surface area contributed by atoms with Gasteiger partial charge in [0.2, 0.25) is 0 Å². The first-order valence-electron chi connectivity index (χ1n) is 11.5. The number of carbonyl (C=O) groups excluding carboxylic acids is 2. The zero-order chi connectivity index (χ0) is 27.9. The number of amides is 3. The van der Waals surface area contributed by atoms with Crippen LogP contribution in [-0.4, -0.2) is 71.8 Å². The smallest absolute Gasteiger partial charge is 0.418 e. The summed E-state index contributed by atoms with van der Waals surface area (Å²) in [5.41, 5.74) is 0.426. The van der Waals surface area contributed by atoms with E-state index in [0.717, 1.165) is 34.9 Å². The Morgan fingerprint density at radius 3 is 2.64 bits per heavy atom. The average molecular weight is 598 g/mol. The quantitative estimate of drug-likeness (QED) is 0.287. The Morgan fingerprint density at radius 2 is 1.92 bits per heavy atom. The van der Waals surface area contributed by atoms with Gasteiger partial charge in [0, 0.05) is 42.2 Å². The highest BCUT2D eigenvalue weighted by Gasteiger charge is 2.36. The fourth-order valence-corrected chi connectivity index (χ4v) is 6.07. The maximum absolute atomic E-state index is 13.5. The molecule has 0 radical (unpaired) electrons. The van der Waals surface area contributed by atoms with E-state index in [1.807, 2.05) is 0 Å². The van der Waals surface area contributed by atoms with Crippen molar-refractivity contribution in [2.45, 2.75) is 12.7 Å². The van der Waals surface area contributed by atoms with Gasteiger partial charge < -0.3 is 5.11 Å². The molecular weight excluding hydrogens is 579 g/mol. The largest absolute Gasteiger partial charge is 0.464 e. The van der Waals surface area contributed by atoms with E-state index in [2.05, 4.69) is 5.10 Å². The molecule has 0 unspecified atom stereocenters. The molecule has 0 atom stereocenters. The SMILES string of the molecule is O=C(O)N1CCN(CCN2C(=O)SC(=Cc3ccc4c(cnn4Cc4ccc(Cl)cc4C(F)(F)F)c3)C2=O)S1. The number of fused-ring (bicyclic) bond motifs is 1. The van der Waals surface area contributed by atoms with Crippen molar-refractivity contribution in [2.75, 3.05) is 26.2 Å². The minimum Gasteiger partial charge on any atom is -0.464 e. The molecule has 9 nitrogen and oxygen atoms in total. The molecule has 1 N–H and O–H groups in total. The predicted octanol–water partition coefficient (Wildman–Crippen LogP) is 5.65. The zero-order valence-electron chi connectivity index (χ0n) is 19.9. The Hall–Kier alpha value is -3.20. The molecule has 2 aliphatic rings. The maximum Gasteiger partial charge on any atom is 0.418 e. The van der Waals surface area contributed by atoms with Crippen molar-refractivity contribution in [1.29, 1.82) is 0 Å². The van der Waals surface area contributed by atoms with Crippen molar-refractivity contribution in [3.8, 4) is 0 Å². The molecule has 5 rings (SSSR count). The molecule has 2 aromatic carbocycles. The van der Waals surface area contributed by atoms with Crippen LogP contribution in [0, 0.1) is 0 Å². The fraction of sp³-hybridized carbons (Fsp3) is 0.250. The standard InChI is InChI=1S/C24H19ClF3N5O4S2/c25-17-3-2-15(18(11-17)24(26,27)28)13-32-19-4-1-14(9-16(19)12-29-32)10-20-21(34)31(23(37)38-20)7-5-30-6-8-33(39-30)22(35)36/h1-4,9-12H,5-8,13H2,(H,35,36). The van der Waals surface area contributed by atoms with Crippen molar-refractivity contribution in [3.05, 3.63) is 69.2 Å². The molecule has 2 saturated heterocycles. The minimum absolute atomic E-state index is 0.00906. The van der Waals surface area contributed by atoms with Gasteiger partial charge in [0.05, 0.1) is 35.3 Å². The third-order valence-corrected chi connectivity index (χ3v) is 8.36. The second-order valence-electron chi connectivity index (χ2n) is 8.65. The zero-order valence-corrected chi connectivity index (χ0v) is 22.3. The van der Waals surface area contributed by atoms with Gasteiger partial charge in [-0.15, -0.1) is 0 Å². The Labute approximate surface area is 233 Å². The number of aromatic nitrogens is 2. The Balaban J connectivity index is 1.29. The molecule has 3 amide bonds. The molecule has 15 heteroatoms. The van der Waals surface area contributed by atoms with Gasteiger partial charge in [-0.05, 0) is 53.2 Å². The molecule has 1 aromatic heterocycles. The molecular formula is C24H19ClF3N5O4S2. The summed E-state index contributed by atoms with van der Waals surface area (Å²) in [6.07, 6.45) is -2.50. The van der Waals surface area contributed by atoms with Crippen LogP contribution in [0.5, 0.6) is 0 Å². The molecule has 2 aliphatic heterocycles. The van der Waals surface area contributed by atoms with Gasteiger partial charge in [-0.2, -0.15) is 18.3 Å². The van der Waals surface area contributed by atoms with Crippen molar-refractivity contribution in [1.82, 2.24) is 23.3 Å². The maximum atomic E-state index is 13.5. The minimum atomic E-state index is -4.56. The summed E-state index contributed by atoms with van der Waals surface area (Å²) in [5.74, 6) is -0.442. The predicted molar refractivity (Wildman–Crippen MR) is 142 cm³/mol. The molecule has 0 saturated carbocycles. The fourth-order valence-electron chi connectivity index (χ4n) is 4.20. The molecule has 2 fully saturated rings. The number of nitrogens with zero attached hydrogens (tertiary/aromatic N) is 5. The van der Waals surface area contributed by atoms with Crippen molar-refractivity contribution in [2.24, 2.45) is 0 Å². The van der Waals surface area contributed by atoms with Crippen LogP contribution in [0.2, 0.25) is 5.02 Å². The number of carboxylic acid groups (broad SMARTS) is 1. The summed E-state index contributed by atoms with van der Waals surface area (Å²) in [4.78, 5) is 37.8. The van der Waals surface area contributed by atoms with Gasteiger partial charge in [0.25, 0.3) is 11.1 Å². The first-order chi connectivity index (χ1) is 18.5. The molecule has 204 valence electrons. The first-order valence-corrected chi connectivity index (χ1v) is 13.4. The number of halogens is 4. The second kappa shape index (κ2) is 10.8. The third kappa shape index (κ3) is 5.88. The van der Waals surface area contributed by atoms with Crippen LogP contribution >= 0.6 is 35.5 Å². The van der Waals surface area contributed by atoms with E-state index in [1.165, 1.54) is 27.3 Å². The van der Waals surface area contributed by atoms with E-state index in [1.54, 1.807) is 28.6 Å². The van der Waals surface area contributed by atoms with Crippen LogP contribution in [0.25, 0.3) is 17.0 Å². The molecule has 39 heavy (non-hydrogen) atoms. The molecule has 0 bridgehead atoms. The van der Waals surface area contributed by atoms with E-state index in [0.29, 0.717) is 36.1 Å². The number of alkyl halides is 3. The van der Waals surface area contributed by atoms with Crippen LogP contribution in [0.3, 0.4) is 0 Å². The number of hydrogen-bond acceptors (Lipinski definition) is 7. The van der Waals surface area contributed by atoms with Crippen LogP contribution < -0.4 is 0 Å². The summed E-state index contributed by atoms with van der Waals surface area (Å²) in [7, 11) is 0. The van der Waals surface area contributed by atoms with Crippen LogP contribution in [0.1, 0.15) is 16.7 Å². The van der Waals surface area contributed by atoms with Crippen molar-refractivity contribution in [3.63, 3.8) is 0 Å². The highest BCUT2D eigenvalue weighted by Crippen LogP contribution is 2.35. The number of thioether (sulfide) groups is 1. The summed E-state index contributed by atoms with van der Waals surface area (Å²) in [6.45, 7) is 1.16. The van der Waals surface area contributed by atoms with Gasteiger partial charge in [-0.1, -0.05) is 23.7 Å². The van der Waals surface area contributed by atoms with Crippen LogP contribution in [0.15, 0.2) is 47.5 Å².